The monoisotopic (exact) mass is 249 g/mol. The van der Waals surface area contributed by atoms with E-state index < -0.39 is 4.92 Å². The van der Waals surface area contributed by atoms with E-state index in [2.05, 4.69) is 6.07 Å². The molecule has 18 heavy (non-hydrogen) atoms. The van der Waals surface area contributed by atoms with E-state index in [1.807, 2.05) is 0 Å². The lowest BCUT2D eigenvalue weighted by atomic mass is 10.1. The number of non-ortho nitro benzene ring substituents is 1. The lowest BCUT2D eigenvalue weighted by molar-refractivity contribution is -0.384. The Balaban J connectivity index is 3.02. The highest BCUT2D eigenvalue weighted by molar-refractivity contribution is 5.43. The van der Waals surface area contributed by atoms with Gasteiger partial charge in [-0.15, -0.1) is 0 Å². The zero-order chi connectivity index (χ0) is 13.7. The van der Waals surface area contributed by atoms with Gasteiger partial charge in [-0.05, 0) is 20.0 Å². The van der Waals surface area contributed by atoms with Gasteiger partial charge in [0.25, 0.3) is 5.69 Å². The quantitative estimate of drug-likeness (QED) is 0.588. The summed E-state index contributed by atoms with van der Waals surface area (Å²) in [5.74, 6) is 0.581. The summed E-state index contributed by atoms with van der Waals surface area (Å²) in [5.41, 5.74) is 0.708. The first kappa shape index (κ1) is 13.9. The van der Waals surface area contributed by atoms with Crippen LogP contribution in [0.15, 0.2) is 18.2 Å². The number of nitriles is 1. The minimum Gasteiger partial charge on any atom is -0.496 e. The molecule has 0 aliphatic carbocycles. The lowest BCUT2D eigenvalue weighted by Crippen LogP contribution is -2.27. The number of ether oxygens (including phenoxy) is 1. The third-order valence-electron chi connectivity index (χ3n) is 2.74. The van der Waals surface area contributed by atoms with Crippen LogP contribution in [0.5, 0.6) is 5.75 Å². The number of nitro groups is 1. The smallest absolute Gasteiger partial charge is 0.270 e. The van der Waals surface area contributed by atoms with Crippen molar-refractivity contribution in [3.05, 3.63) is 33.9 Å². The molecule has 0 saturated heterocycles. The molecular formula is C12H15N3O3. The molecule has 0 bridgehead atoms. The van der Waals surface area contributed by atoms with Gasteiger partial charge < -0.3 is 4.74 Å². The van der Waals surface area contributed by atoms with Crippen molar-refractivity contribution < 1.29 is 9.66 Å². The minimum absolute atomic E-state index is 0.0174. The summed E-state index contributed by atoms with van der Waals surface area (Å²) in [6, 6.07) is 6.28. The van der Waals surface area contributed by atoms with Gasteiger partial charge in [0, 0.05) is 24.2 Å². The summed E-state index contributed by atoms with van der Waals surface area (Å²) in [5, 5.41) is 19.5. The fourth-order valence-electron chi connectivity index (χ4n) is 1.51. The highest BCUT2D eigenvalue weighted by atomic mass is 16.6. The lowest BCUT2D eigenvalue weighted by Gasteiger charge is -2.20. The summed E-state index contributed by atoms with van der Waals surface area (Å²) in [6.07, 6.45) is 0. The van der Waals surface area contributed by atoms with E-state index >= 15 is 0 Å². The Kier molecular flexibility index (Phi) is 4.63. The van der Waals surface area contributed by atoms with Crippen LogP contribution in [0.4, 0.5) is 5.69 Å². The van der Waals surface area contributed by atoms with Gasteiger partial charge in [0.05, 0.1) is 24.1 Å². The SMILES string of the molecule is COc1ccc([N+](=O)[O-])cc1CN(C)C(C)C#N. The van der Waals surface area contributed by atoms with Gasteiger partial charge in [0.15, 0.2) is 0 Å². The maximum Gasteiger partial charge on any atom is 0.270 e. The highest BCUT2D eigenvalue weighted by Gasteiger charge is 2.15. The number of hydrogen-bond donors (Lipinski definition) is 0. The Bertz CT molecular complexity index is 482. The predicted octanol–water partition coefficient (Wildman–Crippen LogP) is 1.95. The minimum atomic E-state index is -0.448. The van der Waals surface area contributed by atoms with Crippen LogP contribution in [-0.2, 0) is 6.54 Å². The molecule has 96 valence electrons. The molecule has 0 heterocycles. The first-order chi connectivity index (χ1) is 8.49. The van der Waals surface area contributed by atoms with E-state index in [0.717, 1.165) is 0 Å². The molecule has 1 rings (SSSR count). The second kappa shape index (κ2) is 5.98. The second-order valence-corrected chi connectivity index (χ2v) is 3.97. The number of hydrogen-bond acceptors (Lipinski definition) is 5. The topological polar surface area (TPSA) is 79.4 Å². The molecule has 0 fully saturated rings. The number of methoxy groups -OCH3 is 1. The number of nitro benzene ring substituents is 1. The zero-order valence-corrected chi connectivity index (χ0v) is 10.6. The number of rotatable bonds is 5. The van der Waals surface area contributed by atoms with E-state index in [1.54, 1.807) is 24.9 Å². The average Bonchev–Trinajstić information content (AvgIpc) is 2.37. The highest BCUT2D eigenvalue weighted by Crippen LogP contribution is 2.25. The van der Waals surface area contributed by atoms with E-state index in [1.165, 1.54) is 19.2 Å². The zero-order valence-electron chi connectivity index (χ0n) is 10.6. The molecule has 0 N–H and O–H groups in total. The molecule has 0 aliphatic rings. The average molecular weight is 249 g/mol. The standard InChI is InChI=1S/C12H15N3O3/c1-9(7-13)14(2)8-10-6-11(15(16)17)4-5-12(10)18-3/h4-6,9H,8H2,1-3H3. The van der Waals surface area contributed by atoms with E-state index in [0.29, 0.717) is 17.9 Å². The second-order valence-electron chi connectivity index (χ2n) is 3.97. The maximum atomic E-state index is 10.7. The Hall–Kier alpha value is -2.13. The number of benzene rings is 1. The Labute approximate surface area is 106 Å². The van der Waals surface area contributed by atoms with Crippen LogP contribution in [0.3, 0.4) is 0 Å². The van der Waals surface area contributed by atoms with E-state index in [9.17, 15) is 10.1 Å². The van der Waals surface area contributed by atoms with Crippen molar-refractivity contribution in [3.8, 4) is 11.8 Å². The van der Waals surface area contributed by atoms with Crippen molar-refractivity contribution in [3.63, 3.8) is 0 Å². The molecule has 6 nitrogen and oxygen atoms in total. The molecule has 0 aliphatic heterocycles. The van der Waals surface area contributed by atoms with Crippen LogP contribution in [-0.4, -0.2) is 30.0 Å². The predicted molar refractivity (Wildman–Crippen MR) is 66.2 cm³/mol. The molecule has 0 radical (unpaired) electrons. The fraction of sp³-hybridized carbons (Fsp3) is 0.417. The molecular weight excluding hydrogens is 234 g/mol. The molecule has 1 aromatic rings. The van der Waals surface area contributed by atoms with Gasteiger partial charge in [-0.25, -0.2) is 0 Å². The van der Waals surface area contributed by atoms with Crippen LogP contribution in [0.2, 0.25) is 0 Å². The Morgan fingerprint density at radius 1 is 1.61 bits per heavy atom. The van der Waals surface area contributed by atoms with E-state index in [4.69, 9.17) is 10.00 Å². The normalized spacial score (nSPS) is 11.9. The summed E-state index contributed by atoms with van der Waals surface area (Å²) in [7, 11) is 3.30. The first-order valence-corrected chi connectivity index (χ1v) is 5.40. The molecule has 0 spiro atoms. The van der Waals surface area contributed by atoms with Gasteiger partial charge in [0.2, 0.25) is 0 Å². The fourth-order valence-corrected chi connectivity index (χ4v) is 1.51. The maximum absolute atomic E-state index is 10.7. The third-order valence-corrected chi connectivity index (χ3v) is 2.74. The molecule has 6 heteroatoms. The summed E-state index contributed by atoms with van der Waals surface area (Å²) < 4.78 is 5.16. The van der Waals surface area contributed by atoms with Gasteiger partial charge >= 0.3 is 0 Å². The first-order valence-electron chi connectivity index (χ1n) is 5.40. The van der Waals surface area contributed by atoms with Gasteiger partial charge in [0.1, 0.15) is 5.75 Å². The van der Waals surface area contributed by atoms with Crippen molar-refractivity contribution in [2.24, 2.45) is 0 Å². The van der Waals surface area contributed by atoms with Crippen LogP contribution in [0.25, 0.3) is 0 Å². The summed E-state index contributed by atoms with van der Waals surface area (Å²) >= 11 is 0. The van der Waals surface area contributed by atoms with E-state index in [-0.39, 0.29) is 11.7 Å². The summed E-state index contributed by atoms with van der Waals surface area (Å²) in [6.45, 7) is 2.18. The third kappa shape index (κ3) is 3.18. The summed E-state index contributed by atoms with van der Waals surface area (Å²) in [4.78, 5) is 12.1. The number of nitrogens with zero attached hydrogens (tertiary/aromatic N) is 3. The largest absolute Gasteiger partial charge is 0.496 e. The van der Waals surface area contributed by atoms with Crippen molar-refractivity contribution in [2.45, 2.75) is 19.5 Å². The molecule has 0 amide bonds. The van der Waals surface area contributed by atoms with Crippen molar-refractivity contribution in [1.82, 2.24) is 4.90 Å². The van der Waals surface area contributed by atoms with Crippen molar-refractivity contribution in [1.29, 1.82) is 5.26 Å². The van der Waals surface area contributed by atoms with Crippen LogP contribution in [0.1, 0.15) is 12.5 Å². The van der Waals surface area contributed by atoms with Gasteiger partial charge in [-0.1, -0.05) is 0 Å². The van der Waals surface area contributed by atoms with Crippen LogP contribution < -0.4 is 4.74 Å². The Morgan fingerprint density at radius 3 is 2.78 bits per heavy atom. The molecule has 0 aromatic heterocycles. The Morgan fingerprint density at radius 2 is 2.28 bits per heavy atom. The van der Waals surface area contributed by atoms with Gasteiger partial charge in [-0.2, -0.15) is 5.26 Å². The van der Waals surface area contributed by atoms with Crippen LogP contribution in [0, 0.1) is 21.4 Å². The molecule has 1 unspecified atom stereocenters. The van der Waals surface area contributed by atoms with Crippen molar-refractivity contribution >= 4 is 5.69 Å². The molecule has 1 aromatic carbocycles. The molecule has 0 saturated carbocycles. The van der Waals surface area contributed by atoms with Gasteiger partial charge in [-0.3, -0.25) is 15.0 Å². The molecule has 1 atom stereocenters. The van der Waals surface area contributed by atoms with Crippen LogP contribution >= 0.6 is 0 Å². The van der Waals surface area contributed by atoms with Crippen molar-refractivity contribution in [2.75, 3.05) is 14.2 Å².